The molecule has 1 heterocycles. The molecule has 1 aliphatic heterocycles. The van der Waals surface area contributed by atoms with Crippen molar-refractivity contribution in [2.24, 2.45) is 25.6 Å². The molecule has 0 radical (unpaired) electrons. The highest BCUT2D eigenvalue weighted by atomic mass is 16.6. The summed E-state index contributed by atoms with van der Waals surface area (Å²) >= 11 is 0. The van der Waals surface area contributed by atoms with Crippen LogP contribution in [-0.4, -0.2) is 75.8 Å². The maximum absolute atomic E-state index is 11.4. The van der Waals surface area contributed by atoms with Crippen LogP contribution in [0.1, 0.15) is 334 Å². The standard InChI is InChI=1S/C19H35N3O4.C18H35N3O2.C18H26N2O3.C17H25N3O3/c1-2-3-4-11-14-17(26-19(25)21-22-20)15-12-9-7-5-6-8-10-13-16-18(23)24;1-2-3-4-11-14-17(20-21-19)15-12-9-7-5-6-8-10-13-16-18(22)23;21-17(22)12-7-5-3-1-2-4-6-8-13-23-16-11-9-10-15(14-16)18-19-20-18;18-20-19-15-10-9-11-16(14-15)23-13-8-6-4-2-1-3-5-7-12-17(21)22/h17H,2-16H2,1H3,(H,23,24);17H,2-16H2,1H3,(H,22,23);9-11,14,18H,1-8,12-13H2,(H,21,22);9-11,14H,1-8,12-13H2,(H,21,22). The molecule has 4 N–H and O–H groups in total. The zero-order chi connectivity index (χ0) is 69.7. The molecule has 95 heavy (non-hydrogen) atoms. The van der Waals surface area contributed by atoms with Crippen LogP contribution in [0.3, 0.4) is 0 Å². The number of nitrogens with zero attached hydrogens (tertiary/aromatic N) is 11. The van der Waals surface area contributed by atoms with E-state index in [0.717, 1.165) is 197 Å². The number of aliphatic carboxylic acids is 4. The summed E-state index contributed by atoms with van der Waals surface area (Å²) in [6.45, 7) is 5.78. The predicted octanol–water partition coefficient (Wildman–Crippen LogP) is 24.1. The van der Waals surface area contributed by atoms with E-state index in [4.69, 9.17) is 51.2 Å². The summed E-state index contributed by atoms with van der Waals surface area (Å²) in [7, 11) is 0. The van der Waals surface area contributed by atoms with E-state index in [9.17, 15) is 24.0 Å². The fourth-order valence-electron chi connectivity index (χ4n) is 10.7. The Morgan fingerprint density at radius 1 is 0.432 bits per heavy atom. The number of azide groups is 3. The number of benzene rings is 2. The number of carboxylic acid groups (broad SMARTS) is 4. The van der Waals surface area contributed by atoms with Crippen LogP contribution in [0.5, 0.6) is 11.5 Å². The van der Waals surface area contributed by atoms with Crippen molar-refractivity contribution in [1.82, 2.24) is 0 Å². The van der Waals surface area contributed by atoms with Crippen LogP contribution in [0.15, 0.2) is 74.1 Å². The molecule has 536 valence electrons. The van der Waals surface area contributed by atoms with E-state index in [2.05, 4.69) is 54.2 Å². The van der Waals surface area contributed by atoms with E-state index >= 15 is 0 Å². The van der Waals surface area contributed by atoms with Gasteiger partial charge in [0, 0.05) is 62.8 Å². The normalized spacial score (nSPS) is 11.7. The van der Waals surface area contributed by atoms with E-state index in [-0.39, 0.29) is 31.2 Å². The Hall–Kier alpha value is -7.08. The van der Waals surface area contributed by atoms with Crippen molar-refractivity contribution in [2.45, 2.75) is 340 Å². The number of unbranched alkanes of at least 4 members (excludes halogenated alkanes) is 34. The molecular weight excluding hydrogens is 1210 g/mol. The van der Waals surface area contributed by atoms with Crippen LogP contribution in [0.25, 0.3) is 31.3 Å². The van der Waals surface area contributed by atoms with Gasteiger partial charge in [0.25, 0.3) is 0 Å². The van der Waals surface area contributed by atoms with Crippen molar-refractivity contribution in [1.29, 1.82) is 0 Å². The second-order valence-corrected chi connectivity index (χ2v) is 24.8. The molecule has 0 saturated heterocycles. The number of carbonyl (C=O) groups excluding carboxylic acids is 1. The lowest BCUT2D eigenvalue weighted by Crippen LogP contribution is -2.16. The zero-order valence-electron chi connectivity index (χ0n) is 58.2. The molecule has 23 nitrogen and oxygen atoms in total. The van der Waals surface area contributed by atoms with E-state index in [1.807, 2.05) is 36.4 Å². The van der Waals surface area contributed by atoms with Gasteiger partial charge >= 0.3 is 30.0 Å². The molecule has 0 spiro atoms. The predicted molar refractivity (Wildman–Crippen MR) is 376 cm³/mol. The first kappa shape index (κ1) is 87.9. The molecule has 0 saturated carbocycles. The number of carboxylic acids is 4. The molecular formula is C72H121N11O12. The lowest BCUT2D eigenvalue weighted by atomic mass is 10.0. The highest BCUT2D eigenvalue weighted by molar-refractivity contribution is 5.68. The minimum absolute atomic E-state index is 0.0362. The highest BCUT2D eigenvalue weighted by Crippen LogP contribution is 2.32. The van der Waals surface area contributed by atoms with Crippen molar-refractivity contribution in [2.75, 3.05) is 13.2 Å². The van der Waals surface area contributed by atoms with Gasteiger partial charge < -0.3 is 34.6 Å². The van der Waals surface area contributed by atoms with E-state index in [0.29, 0.717) is 25.1 Å². The third-order valence-electron chi connectivity index (χ3n) is 16.2. The van der Waals surface area contributed by atoms with Gasteiger partial charge in [0.1, 0.15) is 17.6 Å². The molecule has 2 aromatic rings. The summed E-state index contributed by atoms with van der Waals surface area (Å²) in [5, 5.41) is 52.5. The fraction of sp³-hybridized carbons (Fsp3) is 0.764. The van der Waals surface area contributed by atoms with Crippen LogP contribution in [0.4, 0.5) is 10.5 Å². The lowest BCUT2D eigenvalue weighted by molar-refractivity contribution is -0.138. The molecule has 23 heteroatoms. The van der Waals surface area contributed by atoms with E-state index in [1.165, 1.54) is 109 Å². The Bertz CT molecular complexity index is 2430. The monoisotopic (exact) mass is 1330 g/mol. The SMILES string of the molecule is CCCCCCC(CCCCCCCCCCC(=O)O)N=[N+]=[N-].CCCCCCC(CCCCCCCCCCC(=O)O)OC(=O)N=[N+]=[N-].O=C(O)CCCCCCCCCCOc1cccc(C2N=N2)c1.[N-]=[N+]=Nc1cccc(OCCCCCCCCCCC(=O)O)c1. The number of amides is 1. The van der Waals surface area contributed by atoms with Gasteiger partial charge in [-0.15, -0.1) is 0 Å². The van der Waals surface area contributed by atoms with Crippen molar-refractivity contribution in [3.8, 4) is 11.5 Å². The average Bonchev–Trinajstić information content (AvgIpc) is 1.78. The van der Waals surface area contributed by atoms with E-state index < -0.39 is 30.0 Å². The molecule has 0 fully saturated rings. The third kappa shape index (κ3) is 64.1. The van der Waals surface area contributed by atoms with Gasteiger partial charge in [0.05, 0.1) is 13.2 Å². The Labute approximate surface area is 568 Å². The number of hydrogen-bond acceptors (Lipinski definition) is 12. The van der Waals surface area contributed by atoms with Crippen molar-refractivity contribution < 1.29 is 58.6 Å². The number of ether oxygens (including phenoxy) is 3. The van der Waals surface area contributed by atoms with Crippen LogP contribution >= 0.6 is 0 Å². The molecule has 1 amide bonds. The first-order chi connectivity index (χ1) is 46.3. The molecule has 2 atom stereocenters. The Kier molecular flexibility index (Phi) is 61.9. The van der Waals surface area contributed by atoms with E-state index in [1.54, 1.807) is 12.1 Å². The van der Waals surface area contributed by atoms with Crippen molar-refractivity contribution in [3.63, 3.8) is 0 Å². The summed E-state index contributed by atoms with van der Waals surface area (Å²) in [6.07, 6.45) is 48.3. The quantitative estimate of drug-likeness (QED) is 0.0208. The van der Waals surface area contributed by atoms with Gasteiger partial charge in [-0.1, -0.05) is 254 Å². The second-order valence-electron chi connectivity index (χ2n) is 24.8. The molecule has 2 unspecified atom stereocenters. The summed E-state index contributed by atoms with van der Waals surface area (Å²) in [5.41, 5.74) is 27.0. The minimum atomic E-state index is -0.825. The van der Waals surface area contributed by atoms with Crippen LogP contribution < -0.4 is 9.47 Å². The van der Waals surface area contributed by atoms with Crippen LogP contribution in [0, 0.1) is 0 Å². The second kappa shape index (κ2) is 66.9. The van der Waals surface area contributed by atoms with Gasteiger partial charge in [-0.25, -0.2) is 4.79 Å². The third-order valence-corrected chi connectivity index (χ3v) is 16.2. The van der Waals surface area contributed by atoms with Gasteiger partial charge in [-0.05, 0) is 118 Å². The number of rotatable bonds is 60. The van der Waals surface area contributed by atoms with Gasteiger partial charge in [0.15, 0.2) is 0 Å². The highest BCUT2D eigenvalue weighted by Gasteiger charge is 2.19. The first-order valence-electron chi connectivity index (χ1n) is 36.4. The summed E-state index contributed by atoms with van der Waals surface area (Å²) in [5.74, 6) is -1.15. The first-order valence-corrected chi connectivity index (χ1v) is 36.4. The largest absolute Gasteiger partial charge is 0.494 e. The fourth-order valence-corrected chi connectivity index (χ4v) is 10.7. The summed E-state index contributed by atoms with van der Waals surface area (Å²) in [6, 6.07) is 15.3. The Morgan fingerprint density at radius 3 is 1.14 bits per heavy atom. The Balaban J connectivity index is 0.00000124. The van der Waals surface area contributed by atoms with Crippen LogP contribution in [0.2, 0.25) is 0 Å². The molecule has 3 rings (SSSR count). The molecule has 0 aliphatic carbocycles. The summed E-state index contributed by atoms with van der Waals surface area (Å²) < 4.78 is 16.7. The van der Waals surface area contributed by atoms with Crippen molar-refractivity contribution >= 4 is 35.7 Å². The Morgan fingerprint density at radius 2 is 0.779 bits per heavy atom. The van der Waals surface area contributed by atoms with Gasteiger partial charge in [0.2, 0.25) is 6.17 Å². The maximum atomic E-state index is 11.4. The number of hydrogen-bond donors (Lipinski definition) is 4. The molecule has 0 bridgehead atoms. The maximum Gasteiger partial charge on any atom is 0.397 e. The van der Waals surface area contributed by atoms with Gasteiger partial charge in [-0.2, -0.15) is 10.2 Å². The zero-order valence-corrected chi connectivity index (χ0v) is 58.2. The topological polar surface area (TPSA) is 365 Å². The van der Waals surface area contributed by atoms with Crippen LogP contribution in [-0.2, 0) is 23.9 Å². The molecule has 2 aromatic carbocycles. The van der Waals surface area contributed by atoms with Crippen molar-refractivity contribution in [3.05, 3.63) is 85.4 Å². The molecule has 0 aromatic heterocycles. The minimum Gasteiger partial charge on any atom is -0.494 e. The van der Waals surface area contributed by atoms with Gasteiger partial charge in [-0.3, -0.25) is 19.2 Å². The summed E-state index contributed by atoms with van der Waals surface area (Å²) in [4.78, 5) is 61.1. The average molecular weight is 1330 g/mol. The number of carbonyl (C=O) groups is 5. The smallest absolute Gasteiger partial charge is 0.397 e. The lowest BCUT2D eigenvalue weighted by Gasteiger charge is -2.16. The molecule has 1 aliphatic rings.